The highest BCUT2D eigenvalue weighted by molar-refractivity contribution is 5.85. The van der Waals surface area contributed by atoms with Gasteiger partial charge in [-0.2, -0.15) is 0 Å². The SMILES string of the molecule is NCCc1cccc(C=CC(=O)O)c1. The lowest BCUT2D eigenvalue weighted by Gasteiger charge is -1.99. The van der Waals surface area contributed by atoms with E-state index in [4.69, 9.17) is 10.8 Å². The van der Waals surface area contributed by atoms with Crippen LogP contribution in [0.5, 0.6) is 0 Å². The van der Waals surface area contributed by atoms with E-state index in [9.17, 15) is 4.79 Å². The first kappa shape index (κ1) is 10.5. The molecule has 0 atom stereocenters. The normalized spacial score (nSPS) is 10.6. The van der Waals surface area contributed by atoms with E-state index in [2.05, 4.69) is 0 Å². The molecule has 0 aliphatic rings. The van der Waals surface area contributed by atoms with E-state index in [0.29, 0.717) is 6.54 Å². The maximum atomic E-state index is 10.3. The molecule has 0 spiro atoms. The van der Waals surface area contributed by atoms with E-state index in [-0.39, 0.29) is 0 Å². The van der Waals surface area contributed by atoms with Crippen LogP contribution in [0.25, 0.3) is 6.08 Å². The largest absolute Gasteiger partial charge is 0.478 e. The lowest BCUT2D eigenvalue weighted by Crippen LogP contribution is -2.02. The maximum Gasteiger partial charge on any atom is 0.328 e. The molecule has 0 radical (unpaired) electrons. The highest BCUT2D eigenvalue weighted by Crippen LogP contribution is 2.07. The van der Waals surface area contributed by atoms with Gasteiger partial charge in [0.1, 0.15) is 0 Å². The zero-order valence-corrected chi connectivity index (χ0v) is 7.81. The van der Waals surface area contributed by atoms with E-state index < -0.39 is 5.97 Å². The Kier molecular flexibility index (Phi) is 3.88. The molecule has 14 heavy (non-hydrogen) atoms. The average molecular weight is 191 g/mol. The molecule has 3 heteroatoms. The molecule has 0 bridgehead atoms. The fraction of sp³-hybridized carbons (Fsp3) is 0.182. The minimum atomic E-state index is -0.936. The molecule has 0 aromatic heterocycles. The summed E-state index contributed by atoms with van der Waals surface area (Å²) in [6, 6.07) is 7.67. The molecular formula is C11H13NO2. The van der Waals surface area contributed by atoms with Gasteiger partial charge in [0.15, 0.2) is 0 Å². The molecule has 1 rings (SSSR count). The van der Waals surface area contributed by atoms with Crippen molar-refractivity contribution in [2.24, 2.45) is 5.73 Å². The summed E-state index contributed by atoms with van der Waals surface area (Å²) in [6.07, 6.45) is 3.51. The number of nitrogens with two attached hydrogens (primary N) is 1. The quantitative estimate of drug-likeness (QED) is 0.705. The van der Waals surface area contributed by atoms with Gasteiger partial charge >= 0.3 is 5.97 Å². The van der Waals surface area contributed by atoms with Crippen LogP contribution < -0.4 is 5.73 Å². The van der Waals surface area contributed by atoms with Crippen LogP contribution in [0, 0.1) is 0 Å². The summed E-state index contributed by atoms with van der Waals surface area (Å²) in [6.45, 7) is 0.603. The van der Waals surface area contributed by atoms with Crippen molar-refractivity contribution < 1.29 is 9.90 Å². The van der Waals surface area contributed by atoms with Crippen LogP contribution in [0.1, 0.15) is 11.1 Å². The Morgan fingerprint density at radius 1 is 1.50 bits per heavy atom. The molecule has 1 aromatic carbocycles. The number of benzene rings is 1. The smallest absolute Gasteiger partial charge is 0.328 e. The Balaban J connectivity index is 2.77. The standard InChI is InChI=1S/C11H13NO2/c12-7-6-10-3-1-2-9(8-10)4-5-11(13)14/h1-5,8H,6-7,12H2,(H,13,14). The van der Waals surface area contributed by atoms with Crippen LogP contribution in [-0.2, 0) is 11.2 Å². The van der Waals surface area contributed by atoms with E-state index in [1.54, 1.807) is 6.08 Å². The Morgan fingerprint density at radius 3 is 2.93 bits per heavy atom. The van der Waals surface area contributed by atoms with E-state index in [0.717, 1.165) is 23.6 Å². The third-order valence-electron chi connectivity index (χ3n) is 1.80. The van der Waals surface area contributed by atoms with Gasteiger partial charge < -0.3 is 10.8 Å². The van der Waals surface area contributed by atoms with Gasteiger partial charge in [0, 0.05) is 6.08 Å². The number of rotatable bonds is 4. The molecule has 0 saturated heterocycles. The molecule has 0 amide bonds. The number of carboxylic acid groups (broad SMARTS) is 1. The Morgan fingerprint density at radius 2 is 2.29 bits per heavy atom. The van der Waals surface area contributed by atoms with Crippen molar-refractivity contribution in [1.82, 2.24) is 0 Å². The van der Waals surface area contributed by atoms with E-state index >= 15 is 0 Å². The van der Waals surface area contributed by atoms with Crippen molar-refractivity contribution >= 4 is 12.0 Å². The average Bonchev–Trinajstić information content (AvgIpc) is 2.16. The molecular weight excluding hydrogens is 178 g/mol. The van der Waals surface area contributed by atoms with Gasteiger partial charge in [-0.25, -0.2) is 4.79 Å². The van der Waals surface area contributed by atoms with Gasteiger partial charge in [-0.1, -0.05) is 24.3 Å². The van der Waals surface area contributed by atoms with Crippen molar-refractivity contribution in [3.05, 3.63) is 41.5 Å². The third kappa shape index (κ3) is 3.41. The zero-order valence-electron chi connectivity index (χ0n) is 7.81. The summed E-state index contributed by atoms with van der Waals surface area (Å²) in [5, 5.41) is 8.44. The summed E-state index contributed by atoms with van der Waals surface area (Å²) in [7, 11) is 0. The van der Waals surface area contributed by atoms with Gasteiger partial charge in [0.25, 0.3) is 0 Å². The minimum Gasteiger partial charge on any atom is -0.478 e. The molecule has 0 unspecified atom stereocenters. The molecule has 3 N–H and O–H groups in total. The Hall–Kier alpha value is -1.61. The zero-order chi connectivity index (χ0) is 10.4. The van der Waals surface area contributed by atoms with Crippen LogP contribution >= 0.6 is 0 Å². The molecule has 0 aliphatic carbocycles. The summed E-state index contributed by atoms with van der Waals surface area (Å²) in [5.74, 6) is -0.936. The third-order valence-corrected chi connectivity index (χ3v) is 1.80. The minimum absolute atomic E-state index is 0.603. The molecule has 0 fully saturated rings. The van der Waals surface area contributed by atoms with Crippen molar-refractivity contribution in [3.8, 4) is 0 Å². The second-order valence-corrected chi connectivity index (χ2v) is 2.96. The van der Waals surface area contributed by atoms with Crippen molar-refractivity contribution in [2.45, 2.75) is 6.42 Å². The second kappa shape index (κ2) is 5.19. The van der Waals surface area contributed by atoms with Crippen LogP contribution in [0.4, 0.5) is 0 Å². The Labute approximate surface area is 82.9 Å². The summed E-state index contributed by atoms with van der Waals surface area (Å²) >= 11 is 0. The molecule has 0 saturated carbocycles. The van der Waals surface area contributed by atoms with E-state index in [1.165, 1.54) is 0 Å². The van der Waals surface area contributed by atoms with Gasteiger partial charge in [-0.05, 0) is 30.2 Å². The van der Waals surface area contributed by atoms with Crippen LogP contribution in [0.2, 0.25) is 0 Å². The lowest BCUT2D eigenvalue weighted by molar-refractivity contribution is -0.131. The van der Waals surface area contributed by atoms with Crippen molar-refractivity contribution in [2.75, 3.05) is 6.54 Å². The number of aliphatic carboxylic acids is 1. The van der Waals surface area contributed by atoms with Gasteiger partial charge in [0.05, 0.1) is 0 Å². The summed E-state index contributed by atoms with van der Waals surface area (Å²) in [4.78, 5) is 10.3. The molecule has 0 heterocycles. The second-order valence-electron chi connectivity index (χ2n) is 2.96. The Bertz CT molecular complexity index is 345. The highest BCUT2D eigenvalue weighted by Gasteiger charge is 1.93. The maximum absolute atomic E-state index is 10.3. The van der Waals surface area contributed by atoms with Crippen molar-refractivity contribution in [1.29, 1.82) is 0 Å². The molecule has 0 aliphatic heterocycles. The van der Waals surface area contributed by atoms with Gasteiger partial charge in [-0.3, -0.25) is 0 Å². The summed E-state index contributed by atoms with van der Waals surface area (Å²) in [5.41, 5.74) is 7.43. The van der Waals surface area contributed by atoms with E-state index in [1.807, 2.05) is 24.3 Å². The van der Waals surface area contributed by atoms with Crippen LogP contribution in [0.3, 0.4) is 0 Å². The van der Waals surface area contributed by atoms with Crippen LogP contribution in [-0.4, -0.2) is 17.6 Å². The van der Waals surface area contributed by atoms with Gasteiger partial charge in [0.2, 0.25) is 0 Å². The lowest BCUT2D eigenvalue weighted by atomic mass is 10.1. The first-order valence-electron chi connectivity index (χ1n) is 4.42. The number of hydrogen-bond acceptors (Lipinski definition) is 2. The molecule has 74 valence electrons. The number of carboxylic acids is 1. The van der Waals surface area contributed by atoms with Crippen LogP contribution in [0.15, 0.2) is 30.3 Å². The molecule has 1 aromatic rings. The van der Waals surface area contributed by atoms with Gasteiger partial charge in [-0.15, -0.1) is 0 Å². The predicted molar refractivity (Wildman–Crippen MR) is 55.9 cm³/mol. The topological polar surface area (TPSA) is 63.3 Å². The predicted octanol–water partition coefficient (Wildman–Crippen LogP) is 1.29. The number of carbonyl (C=O) groups is 1. The molecule has 3 nitrogen and oxygen atoms in total. The first-order chi connectivity index (χ1) is 6.72. The number of hydrogen-bond donors (Lipinski definition) is 2. The fourth-order valence-corrected chi connectivity index (χ4v) is 1.19. The monoisotopic (exact) mass is 191 g/mol. The first-order valence-corrected chi connectivity index (χ1v) is 4.42. The summed E-state index contributed by atoms with van der Waals surface area (Å²) < 4.78 is 0. The highest BCUT2D eigenvalue weighted by atomic mass is 16.4. The fourth-order valence-electron chi connectivity index (χ4n) is 1.19. The van der Waals surface area contributed by atoms with Crippen molar-refractivity contribution in [3.63, 3.8) is 0 Å².